The lowest BCUT2D eigenvalue weighted by atomic mass is 9.96. The van der Waals surface area contributed by atoms with E-state index in [1.165, 1.54) is 0 Å². The first-order valence-corrected chi connectivity index (χ1v) is 9.57. The number of rotatable bonds is 8. The Bertz CT molecular complexity index is 746. The molecule has 1 amide bonds. The highest BCUT2D eigenvalue weighted by molar-refractivity contribution is 5.83. The summed E-state index contributed by atoms with van der Waals surface area (Å²) in [6, 6.07) is 19.2. The van der Waals surface area contributed by atoms with Crippen LogP contribution in [0.2, 0.25) is 0 Å². The van der Waals surface area contributed by atoms with Crippen LogP contribution < -0.4 is 5.43 Å². The zero-order chi connectivity index (χ0) is 19.6. The number of amides is 1. The van der Waals surface area contributed by atoms with Gasteiger partial charge in [-0.05, 0) is 17.5 Å². The SMILES string of the molecule is O=C(C[C@@H](Cc1ccccc1)C(=O)OCc1ccccc1)NN1CCOCC1. The molecule has 28 heavy (non-hydrogen) atoms. The highest BCUT2D eigenvalue weighted by atomic mass is 16.5. The average Bonchev–Trinajstić information content (AvgIpc) is 2.74. The van der Waals surface area contributed by atoms with Crippen LogP contribution in [0.15, 0.2) is 60.7 Å². The third kappa shape index (κ3) is 6.48. The fourth-order valence-corrected chi connectivity index (χ4v) is 3.10. The second-order valence-electron chi connectivity index (χ2n) is 6.82. The fraction of sp³-hybridized carbons (Fsp3) is 0.364. The van der Waals surface area contributed by atoms with Crippen molar-refractivity contribution in [1.29, 1.82) is 0 Å². The number of morpholine rings is 1. The molecule has 0 spiro atoms. The first-order chi connectivity index (χ1) is 13.7. The van der Waals surface area contributed by atoms with Crippen molar-refractivity contribution in [1.82, 2.24) is 10.4 Å². The Morgan fingerprint density at radius 3 is 2.21 bits per heavy atom. The van der Waals surface area contributed by atoms with Crippen LogP contribution in [0.25, 0.3) is 0 Å². The molecule has 0 aromatic heterocycles. The van der Waals surface area contributed by atoms with Gasteiger partial charge in [0.05, 0.1) is 19.1 Å². The van der Waals surface area contributed by atoms with E-state index in [1.54, 1.807) is 0 Å². The van der Waals surface area contributed by atoms with Gasteiger partial charge in [0, 0.05) is 19.5 Å². The molecule has 0 bridgehead atoms. The lowest BCUT2D eigenvalue weighted by molar-refractivity contribution is -0.152. The Morgan fingerprint density at radius 2 is 1.57 bits per heavy atom. The predicted molar refractivity (Wildman–Crippen MR) is 105 cm³/mol. The molecule has 2 aromatic carbocycles. The van der Waals surface area contributed by atoms with Gasteiger partial charge in [-0.1, -0.05) is 60.7 Å². The lowest BCUT2D eigenvalue weighted by Gasteiger charge is -2.27. The monoisotopic (exact) mass is 382 g/mol. The molecule has 0 radical (unpaired) electrons. The van der Waals surface area contributed by atoms with Crippen LogP contribution in [0, 0.1) is 5.92 Å². The Labute approximate surface area is 165 Å². The number of nitrogens with one attached hydrogen (secondary N) is 1. The number of benzene rings is 2. The summed E-state index contributed by atoms with van der Waals surface area (Å²) in [5, 5.41) is 1.83. The number of nitrogens with zero attached hydrogens (tertiary/aromatic N) is 1. The van der Waals surface area contributed by atoms with E-state index in [1.807, 2.05) is 65.7 Å². The molecule has 1 saturated heterocycles. The zero-order valence-corrected chi connectivity index (χ0v) is 15.9. The second kappa shape index (κ2) is 10.6. The van der Waals surface area contributed by atoms with E-state index in [4.69, 9.17) is 9.47 Å². The number of hydrazine groups is 1. The number of carbonyl (C=O) groups excluding carboxylic acids is 2. The molecule has 3 rings (SSSR count). The highest BCUT2D eigenvalue weighted by Gasteiger charge is 2.25. The molecule has 1 fully saturated rings. The smallest absolute Gasteiger partial charge is 0.310 e. The molecular formula is C22H26N2O4. The van der Waals surface area contributed by atoms with Crippen LogP contribution in [0.3, 0.4) is 0 Å². The van der Waals surface area contributed by atoms with E-state index in [9.17, 15) is 9.59 Å². The quantitative estimate of drug-likeness (QED) is 0.710. The Hall–Kier alpha value is -2.70. The van der Waals surface area contributed by atoms with Crippen molar-refractivity contribution in [2.24, 2.45) is 5.92 Å². The van der Waals surface area contributed by atoms with Crippen LogP contribution in [-0.2, 0) is 32.1 Å². The summed E-state index contributed by atoms with van der Waals surface area (Å²) in [5.41, 5.74) is 4.80. The van der Waals surface area contributed by atoms with Gasteiger partial charge in [-0.3, -0.25) is 15.0 Å². The van der Waals surface area contributed by atoms with Gasteiger partial charge >= 0.3 is 5.97 Å². The summed E-state index contributed by atoms with van der Waals surface area (Å²) in [7, 11) is 0. The highest BCUT2D eigenvalue weighted by Crippen LogP contribution is 2.16. The van der Waals surface area contributed by atoms with E-state index >= 15 is 0 Å². The molecule has 1 aliphatic heterocycles. The minimum atomic E-state index is -0.535. The van der Waals surface area contributed by atoms with E-state index in [2.05, 4.69) is 5.43 Å². The van der Waals surface area contributed by atoms with Gasteiger partial charge < -0.3 is 9.47 Å². The van der Waals surface area contributed by atoms with Gasteiger partial charge in [0.2, 0.25) is 5.91 Å². The molecule has 1 heterocycles. The normalized spacial score (nSPS) is 15.6. The molecule has 0 aliphatic carbocycles. The summed E-state index contributed by atoms with van der Waals surface area (Å²) in [4.78, 5) is 25.2. The second-order valence-corrected chi connectivity index (χ2v) is 6.82. The van der Waals surface area contributed by atoms with E-state index < -0.39 is 5.92 Å². The minimum absolute atomic E-state index is 0.0832. The Balaban J connectivity index is 1.60. The van der Waals surface area contributed by atoms with Gasteiger partial charge in [-0.2, -0.15) is 0 Å². The molecule has 1 atom stereocenters. The summed E-state index contributed by atoms with van der Waals surface area (Å²) in [6.45, 7) is 2.68. The molecule has 1 N–H and O–H groups in total. The minimum Gasteiger partial charge on any atom is -0.461 e. The maximum absolute atomic E-state index is 12.7. The summed E-state index contributed by atoms with van der Waals surface area (Å²) >= 11 is 0. The van der Waals surface area contributed by atoms with E-state index in [0.717, 1.165) is 11.1 Å². The molecule has 6 nitrogen and oxygen atoms in total. The zero-order valence-electron chi connectivity index (χ0n) is 15.9. The van der Waals surface area contributed by atoms with Gasteiger partial charge in [0.25, 0.3) is 0 Å². The average molecular weight is 382 g/mol. The molecule has 2 aromatic rings. The van der Waals surface area contributed by atoms with Crippen molar-refractivity contribution in [3.8, 4) is 0 Å². The van der Waals surface area contributed by atoms with Crippen molar-refractivity contribution in [3.63, 3.8) is 0 Å². The third-order valence-corrected chi connectivity index (χ3v) is 4.61. The number of carbonyl (C=O) groups is 2. The number of hydrogen-bond acceptors (Lipinski definition) is 5. The molecule has 6 heteroatoms. The van der Waals surface area contributed by atoms with E-state index in [-0.39, 0.29) is 24.9 Å². The van der Waals surface area contributed by atoms with Crippen LogP contribution >= 0.6 is 0 Å². The maximum atomic E-state index is 12.7. The molecule has 148 valence electrons. The third-order valence-electron chi connectivity index (χ3n) is 4.61. The van der Waals surface area contributed by atoms with Crippen LogP contribution in [0.4, 0.5) is 0 Å². The van der Waals surface area contributed by atoms with Gasteiger partial charge in [-0.25, -0.2) is 5.01 Å². The van der Waals surface area contributed by atoms with Crippen molar-refractivity contribution in [2.45, 2.75) is 19.4 Å². The van der Waals surface area contributed by atoms with Crippen LogP contribution in [0.1, 0.15) is 17.5 Å². The Kier molecular flexibility index (Phi) is 7.58. The molecule has 1 aliphatic rings. The van der Waals surface area contributed by atoms with Gasteiger partial charge in [0.1, 0.15) is 6.61 Å². The number of esters is 1. The van der Waals surface area contributed by atoms with Crippen LogP contribution in [-0.4, -0.2) is 43.2 Å². The largest absolute Gasteiger partial charge is 0.461 e. The first kappa shape index (κ1) is 20.0. The van der Waals surface area contributed by atoms with E-state index in [0.29, 0.717) is 32.7 Å². The molecule has 0 saturated carbocycles. The molecular weight excluding hydrogens is 356 g/mol. The van der Waals surface area contributed by atoms with Crippen molar-refractivity contribution >= 4 is 11.9 Å². The molecule has 0 unspecified atom stereocenters. The van der Waals surface area contributed by atoms with Gasteiger partial charge in [-0.15, -0.1) is 0 Å². The lowest BCUT2D eigenvalue weighted by Crippen LogP contribution is -2.49. The van der Waals surface area contributed by atoms with Crippen LogP contribution in [0.5, 0.6) is 0 Å². The summed E-state index contributed by atoms with van der Waals surface area (Å²) in [6.07, 6.45) is 0.546. The number of hydrogen-bond donors (Lipinski definition) is 1. The topological polar surface area (TPSA) is 67.9 Å². The number of ether oxygens (including phenoxy) is 2. The first-order valence-electron chi connectivity index (χ1n) is 9.57. The van der Waals surface area contributed by atoms with Crippen molar-refractivity contribution in [3.05, 3.63) is 71.8 Å². The van der Waals surface area contributed by atoms with Gasteiger partial charge in [0.15, 0.2) is 0 Å². The van der Waals surface area contributed by atoms with Crippen molar-refractivity contribution < 1.29 is 19.1 Å². The summed E-state index contributed by atoms with van der Waals surface area (Å²) in [5.74, 6) is -1.07. The standard InChI is InChI=1S/C22H26N2O4/c25-21(23-24-11-13-27-14-12-24)16-20(15-18-7-3-1-4-8-18)22(26)28-17-19-9-5-2-6-10-19/h1-10,20H,11-17H2,(H,23,25)/t20-/m1/s1. The Morgan fingerprint density at radius 1 is 0.964 bits per heavy atom. The maximum Gasteiger partial charge on any atom is 0.310 e. The van der Waals surface area contributed by atoms with Crippen molar-refractivity contribution in [2.75, 3.05) is 26.3 Å². The fourth-order valence-electron chi connectivity index (χ4n) is 3.10. The predicted octanol–water partition coefficient (Wildman–Crippen LogP) is 2.34. The summed E-state index contributed by atoms with van der Waals surface area (Å²) < 4.78 is 10.8.